The molecule has 2 aromatic carbocycles. The monoisotopic (exact) mass is 515 g/mol. The maximum absolute atomic E-state index is 12.2. The van der Waals surface area contributed by atoms with E-state index in [1.54, 1.807) is 41.2 Å². The summed E-state index contributed by atoms with van der Waals surface area (Å²) in [7, 11) is 0. The fourth-order valence-electron chi connectivity index (χ4n) is 2.48. The Kier molecular flexibility index (Phi) is 7.47. The summed E-state index contributed by atoms with van der Waals surface area (Å²) in [4.78, 5) is 12.2. The highest BCUT2D eigenvalue weighted by Crippen LogP contribution is 2.25. The number of anilines is 1. The Balaban J connectivity index is 1.61. The third kappa shape index (κ3) is 6.29. The topological polar surface area (TPSA) is 56.1 Å². The summed E-state index contributed by atoms with van der Waals surface area (Å²) >= 11 is 15.3. The molecule has 0 fully saturated rings. The van der Waals surface area contributed by atoms with Crippen LogP contribution in [0.1, 0.15) is 11.1 Å². The zero-order valence-electron chi connectivity index (χ0n) is 15.2. The summed E-state index contributed by atoms with van der Waals surface area (Å²) in [5.74, 6) is -0.00293. The molecule has 0 atom stereocenters. The van der Waals surface area contributed by atoms with Crippen molar-refractivity contribution in [2.45, 2.75) is 13.2 Å². The number of aromatic nitrogens is 2. The van der Waals surface area contributed by atoms with E-state index < -0.39 is 12.5 Å². The molecule has 0 aliphatic rings. The number of halogens is 5. The normalized spacial score (nSPS) is 11.3. The van der Waals surface area contributed by atoms with Crippen molar-refractivity contribution in [2.24, 2.45) is 0 Å². The van der Waals surface area contributed by atoms with Crippen LogP contribution in [0.5, 0.6) is 5.75 Å². The lowest BCUT2D eigenvalue weighted by Gasteiger charge is -2.04. The summed E-state index contributed by atoms with van der Waals surface area (Å²) < 4.78 is 30.9. The van der Waals surface area contributed by atoms with E-state index >= 15 is 0 Å². The first-order valence-corrected chi connectivity index (χ1v) is 10.1. The highest BCUT2D eigenvalue weighted by Gasteiger charge is 2.10. The molecule has 0 saturated heterocycles. The molecule has 0 saturated carbocycles. The van der Waals surface area contributed by atoms with Crippen molar-refractivity contribution in [1.29, 1.82) is 0 Å². The minimum atomic E-state index is -2.88. The molecule has 0 radical (unpaired) electrons. The van der Waals surface area contributed by atoms with Crippen molar-refractivity contribution in [1.82, 2.24) is 9.78 Å². The molecule has 30 heavy (non-hydrogen) atoms. The van der Waals surface area contributed by atoms with E-state index in [4.69, 9.17) is 23.2 Å². The van der Waals surface area contributed by atoms with Gasteiger partial charge in [0, 0.05) is 12.3 Å². The molecule has 1 aromatic heterocycles. The second-order valence-corrected chi connectivity index (χ2v) is 7.71. The van der Waals surface area contributed by atoms with Crippen molar-refractivity contribution in [2.75, 3.05) is 5.32 Å². The Hall–Kier alpha value is -2.42. The number of nitrogens with one attached hydrogen (secondary N) is 1. The van der Waals surface area contributed by atoms with Crippen LogP contribution in [0.2, 0.25) is 10.0 Å². The molecule has 156 valence electrons. The van der Waals surface area contributed by atoms with Crippen LogP contribution < -0.4 is 10.1 Å². The molecule has 0 spiro atoms. The van der Waals surface area contributed by atoms with Gasteiger partial charge in [-0.3, -0.25) is 9.48 Å². The quantitative estimate of drug-likeness (QED) is 0.377. The maximum Gasteiger partial charge on any atom is 0.387 e. The van der Waals surface area contributed by atoms with Crippen LogP contribution in [0.15, 0.2) is 59.2 Å². The predicted octanol–water partition coefficient (Wildman–Crippen LogP) is 6.25. The number of benzene rings is 2. The van der Waals surface area contributed by atoms with E-state index in [2.05, 4.69) is 31.1 Å². The second kappa shape index (κ2) is 10.1. The zero-order valence-corrected chi connectivity index (χ0v) is 18.3. The lowest BCUT2D eigenvalue weighted by atomic mass is 10.2. The third-order valence-corrected chi connectivity index (χ3v) is 5.14. The van der Waals surface area contributed by atoms with Gasteiger partial charge in [-0.05, 0) is 57.4 Å². The Morgan fingerprint density at radius 2 is 1.93 bits per heavy atom. The first-order chi connectivity index (χ1) is 14.3. The molecule has 1 N–H and O–H groups in total. The molecule has 0 bridgehead atoms. The van der Waals surface area contributed by atoms with Crippen LogP contribution in [0.25, 0.3) is 6.08 Å². The van der Waals surface area contributed by atoms with Crippen molar-refractivity contribution in [3.63, 3.8) is 0 Å². The predicted molar refractivity (Wildman–Crippen MR) is 116 cm³/mol. The fraction of sp³-hybridized carbons (Fsp3) is 0.100. The van der Waals surface area contributed by atoms with Crippen LogP contribution in [0.3, 0.4) is 0 Å². The Morgan fingerprint density at radius 1 is 1.20 bits per heavy atom. The summed E-state index contributed by atoms with van der Waals surface area (Å²) in [5, 5.41) is 7.92. The minimum absolute atomic E-state index is 0.0445. The van der Waals surface area contributed by atoms with Gasteiger partial charge in [-0.2, -0.15) is 13.9 Å². The summed E-state index contributed by atoms with van der Waals surface area (Å²) in [6, 6.07) is 11.2. The number of amides is 1. The molecule has 3 aromatic rings. The molecular formula is C20H14BrCl2F2N3O2. The molecule has 0 aliphatic carbocycles. The number of nitrogens with zero attached hydrogens (tertiary/aromatic N) is 2. The Morgan fingerprint density at radius 3 is 2.60 bits per heavy atom. The van der Waals surface area contributed by atoms with Gasteiger partial charge in [-0.25, -0.2) is 0 Å². The highest BCUT2D eigenvalue weighted by molar-refractivity contribution is 9.10. The number of carbonyl (C=O) groups is 1. The number of ether oxygens (including phenoxy) is 1. The zero-order chi connectivity index (χ0) is 21.7. The Labute approximate surface area is 189 Å². The van der Waals surface area contributed by atoms with E-state index in [0.29, 0.717) is 32.4 Å². The van der Waals surface area contributed by atoms with Crippen LogP contribution in [0, 0.1) is 0 Å². The molecule has 0 unspecified atom stereocenters. The van der Waals surface area contributed by atoms with Crippen molar-refractivity contribution in [3.8, 4) is 5.75 Å². The molecule has 0 aliphatic heterocycles. The minimum Gasteiger partial charge on any atom is -0.435 e. The summed E-state index contributed by atoms with van der Waals surface area (Å²) in [5.41, 5.74) is 1.55. The highest BCUT2D eigenvalue weighted by atomic mass is 79.9. The largest absolute Gasteiger partial charge is 0.435 e. The number of rotatable bonds is 7. The summed E-state index contributed by atoms with van der Waals surface area (Å²) in [6.45, 7) is -2.44. The lowest BCUT2D eigenvalue weighted by molar-refractivity contribution is -0.111. The standard InChI is InChI=1S/C20H14BrCl2F2N3O2/c21-15-11-28(10-13-3-7-16(22)17(23)9-13)27-19(15)26-18(29)8-4-12-1-5-14(6-2-12)30-20(24)25/h1-9,11,20H,10H2,(H,26,27,29)/b8-4-. The first kappa shape index (κ1) is 22.3. The first-order valence-electron chi connectivity index (χ1n) is 8.51. The smallest absolute Gasteiger partial charge is 0.387 e. The van der Waals surface area contributed by atoms with Gasteiger partial charge in [-0.15, -0.1) is 0 Å². The van der Waals surface area contributed by atoms with E-state index in [-0.39, 0.29) is 5.75 Å². The van der Waals surface area contributed by atoms with E-state index in [1.807, 2.05) is 6.07 Å². The lowest BCUT2D eigenvalue weighted by Crippen LogP contribution is -2.09. The van der Waals surface area contributed by atoms with Gasteiger partial charge in [0.1, 0.15) is 5.75 Å². The van der Waals surface area contributed by atoms with Gasteiger partial charge in [0.05, 0.1) is 21.1 Å². The van der Waals surface area contributed by atoms with Gasteiger partial charge in [-0.1, -0.05) is 41.4 Å². The van der Waals surface area contributed by atoms with E-state index in [1.165, 1.54) is 18.2 Å². The summed E-state index contributed by atoms with van der Waals surface area (Å²) in [6.07, 6.45) is 4.58. The number of carbonyl (C=O) groups excluding carboxylic acids is 1. The molecular weight excluding hydrogens is 503 g/mol. The Bertz CT molecular complexity index is 1070. The van der Waals surface area contributed by atoms with Gasteiger partial charge < -0.3 is 10.1 Å². The van der Waals surface area contributed by atoms with E-state index in [9.17, 15) is 13.6 Å². The van der Waals surface area contributed by atoms with E-state index in [0.717, 1.165) is 5.56 Å². The number of hydrogen-bond donors (Lipinski definition) is 1. The van der Waals surface area contributed by atoms with Gasteiger partial charge in [0.25, 0.3) is 0 Å². The fourth-order valence-corrected chi connectivity index (χ4v) is 3.21. The van der Waals surface area contributed by atoms with Crippen LogP contribution in [-0.4, -0.2) is 22.3 Å². The van der Waals surface area contributed by atoms with Gasteiger partial charge in [0.2, 0.25) is 5.91 Å². The van der Waals surface area contributed by atoms with Crippen molar-refractivity contribution in [3.05, 3.63) is 80.4 Å². The molecule has 10 heteroatoms. The van der Waals surface area contributed by atoms with Gasteiger partial charge >= 0.3 is 6.61 Å². The van der Waals surface area contributed by atoms with Crippen molar-refractivity contribution < 1.29 is 18.3 Å². The number of alkyl halides is 2. The molecule has 3 rings (SSSR count). The average Bonchev–Trinajstić information content (AvgIpc) is 3.02. The molecule has 5 nitrogen and oxygen atoms in total. The SMILES string of the molecule is O=C(/C=C\c1ccc(OC(F)F)cc1)Nc1nn(Cc2ccc(Cl)c(Cl)c2)cc1Br. The third-order valence-electron chi connectivity index (χ3n) is 3.82. The second-order valence-electron chi connectivity index (χ2n) is 6.04. The molecule has 1 amide bonds. The van der Waals surface area contributed by atoms with Gasteiger partial charge in [0.15, 0.2) is 5.82 Å². The molecule has 1 heterocycles. The van der Waals surface area contributed by atoms with Crippen LogP contribution >= 0.6 is 39.1 Å². The van der Waals surface area contributed by atoms with Crippen LogP contribution in [0.4, 0.5) is 14.6 Å². The number of hydrogen-bond acceptors (Lipinski definition) is 3. The average molecular weight is 517 g/mol. The van der Waals surface area contributed by atoms with Crippen molar-refractivity contribution >= 4 is 56.9 Å². The maximum atomic E-state index is 12.2. The van der Waals surface area contributed by atoms with Crippen LogP contribution in [-0.2, 0) is 11.3 Å².